The molecule has 3 aliphatic rings. The first-order valence-electron chi connectivity index (χ1n) is 9.86. The van der Waals surface area contributed by atoms with Gasteiger partial charge in [-0.25, -0.2) is 4.98 Å². The number of imide groups is 1. The topological polar surface area (TPSA) is 92.5 Å². The van der Waals surface area contributed by atoms with Gasteiger partial charge in [0.1, 0.15) is 17.8 Å². The highest BCUT2D eigenvalue weighted by Crippen LogP contribution is 2.52. The average Bonchev–Trinajstić information content (AvgIpc) is 3.54. The number of rotatable bonds is 4. The van der Waals surface area contributed by atoms with Crippen molar-refractivity contribution in [1.82, 2.24) is 9.88 Å². The quantitative estimate of drug-likeness (QED) is 0.517. The molecule has 1 aliphatic heterocycles. The molecule has 2 aromatic heterocycles. The summed E-state index contributed by atoms with van der Waals surface area (Å²) in [5, 5.41) is 5.88. The maximum atomic E-state index is 12.7. The summed E-state index contributed by atoms with van der Waals surface area (Å²) in [4.78, 5) is 43.5. The molecule has 3 aromatic rings. The zero-order chi connectivity index (χ0) is 20.4. The molecule has 4 atom stereocenters. The lowest BCUT2D eigenvalue weighted by atomic mass is 9.85. The van der Waals surface area contributed by atoms with Crippen molar-refractivity contribution in [3.8, 4) is 11.5 Å². The van der Waals surface area contributed by atoms with Crippen LogP contribution in [0.1, 0.15) is 6.42 Å². The van der Waals surface area contributed by atoms with Gasteiger partial charge in [-0.2, -0.15) is 0 Å². The Morgan fingerprint density at radius 3 is 2.63 bits per heavy atom. The lowest BCUT2D eigenvalue weighted by Crippen LogP contribution is -2.39. The van der Waals surface area contributed by atoms with Crippen LogP contribution in [0.4, 0.5) is 5.13 Å². The number of hydrogen-bond donors (Lipinski definition) is 1. The SMILES string of the molecule is O=C(CN1C(=O)C2C3C=CC(C3)C2C1=O)Nc1nc(-c2cc3ccccc3o2)cs1. The van der Waals surface area contributed by atoms with Crippen molar-refractivity contribution in [2.24, 2.45) is 23.7 Å². The van der Waals surface area contributed by atoms with Gasteiger partial charge in [-0.05, 0) is 30.4 Å². The fourth-order valence-electron chi connectivity index (χ4n) is 4.97. The summed E-state index contributed by atoms with van der Waals surface area (Å²) in [7, 11) is 0. The van der Waals surface area contributed by atoms with Gasteiger partial charge in [0, 0.05) is 10.8 Å². The summed E-state index contributed by atoms with van der Waals surface area (Å²) in [6, 6.07) is 9.58. The molecule has 2 bridgehead atoms. The monoisotopic (exact) mass is 419 g/mol. The maximum Gasteiger partial charge on any atom is 0.246 e. The van der Waals surface area contributed by atoms with Gasteiger partial charge in [0.15, 0.2) is 10.9 Å². The van der Waals surface area contributed by atoms with Crippen LogP contribution in [0.2, 0.25) is 0 Å². The van der Waals surface area contributed by atoms with Crippen molar-refractivity contribution >= 4 is 45.2 Å². The first-order chi connectivity index (χ1) is 14.6. The van der Waals surface area contributed by atoms with Crippen molar-refractivity contribution in [2.75, 3.05) is 11.9 Å². The van der Waals surface area contributed by atoms with Crippen molar-refractivity contribution < 1.29 is 18.8 Å². The van der Waals surface area contributed by atoms with Gasteiger partial charge < -0.3 is 9.73 Å². The summed E-state index contributed by atoms with van der Waals surface area (Å²) in [6.45, 7) is -0.274. The Morgan fingerprint density at radius 1 is 1.17 bits per heavy atom. The minimum absolute atomic E-state index is 0.134. The van der Waals surface area contributed by atoms with Crippen LogP contribution in [-0.4, -0.2) is 34.2 Å². The van der Waals surface area contributed by atoms with E-state index in [-0.39, 0.29) is 42.0 Å². The molecule has 30 heavy (non-hydrogen) atoms. The van der Waals surface area contributed by atoms with Gasteiger partial charge in [-0.15, -0.1) is 11.3 Å². The molecule has 1 N–H and O–H groups in total. The zero-order valence-corrected chi connectivity index (χ0v) is 16.6. The minimum atomic E-state index is -0.428. The predicted octanol–water partition coefficient (Wildman–Crippen LogP) is 3.30. The maximum absolute atomic E-state index is 12.7. The van der Waals surface area contributed by atoms with Crippen LogP contribution < -0.4 is 5.32 Å². The Labute approximate surface area is 175 Å². The second-order valence-electron chi connectivity index (χ2n) is 8.00. The summed E-state index contributed by atoms with van der Waals surface area (Å²) in [5.41, 5.74) is 1.39. The van der Waals surface area contributed by atoms with Crippen molar-refractivity contribution in [1.29, 1.82) is 0 Å². The van der Waals surface area contributed by atoms with E-state index < -0.39 is 5.91 Å². The number of benzene rings is 1. The van der Waals surface area contributed by atoms with Gasteiger partial charge >= 0.3 is 0 Å². The Balaban J connectivity index is 1.15. The highest BCUT2D eigenvalue weighted by atomic mass is 32.1. The number of thiazole rings is 1. The molecule has 7 nitrogen and oxygen atoms in total. The minimum Gasteiger partial charge on any atom is -0.454 e. The average molecular weight is 419 g/mol. The molecule has 150 valence electrons. The van der Waals surface area contributed by atoms with Crippen LogP contribution in [0.15, 0.2) is 52.3 Å². The lowest BCUT2D eigenvalue weighted by molar-refractivity contribution is -0.143. The highest BCUT2D eigenvalue weighted by molar-refractivity contribution is 7.14. The van der Waals surface area contributed by atoms with E-state index in [0.29, 0.717) is 16.6 Å². The van der Waals surface area contributed by atoms with E-state index in [1.54, 1.807) is 5.38 Å². The third kappa shape index (κ3) is 2.56. The van der Waals surface area contributed by atoms with Crippen LogP contribution in [-0.2, 0) is 14.4 Å². The predicted molar refractivity (Wildman–Crippen MR) is 110 cm³/mol. The van der Waals surface area contributed by atoms with Crippen LogP contribution >= 0.6 is 11.3 Å². The molecule has 1 saturated carbocycles. The smallest absolute Gasteiger partial charge is 0.246 e. The van der Waals surface area contributed by atoms with Gasteiger partial charge in [-0.3, -0.25) is 19.3 Å². The van der Waals surface area contributed by atoms with E-state index in [1.165, 1.54) is 11.3 Å². The number of aromatic nitrogens is 1. The van der Waals surface area contributed by atoms with Crippen LogP contribution in [0.3, 0.4) is 0 Å². The van der Waals surface area contributed by atoms with E-state index >= 15 is 0 Å². The fourth-order valence-corrected chi connectivity index (χ4v) is 5.69. The molecule has 1 aromatic carbocycles. The van der Waals surface area contributed by atoms with E-state index in [9.17, 15) is 14.4 Å². The third-order valence-electron chi connectivity index (χ3n) is 6.29. The molecule has 2 fully saturated rings. The summed E-state index contributed by atoms with van der Waals surface area (Å²) < 4.78 is 5.80. The van der Waals surface area contributed by atoms with Gasteiger partial charge in [-0.1, -0.05) is 30.4 Å². The number of likely N-dealkylation sites (tertiary alicyclic amines) is 1. The Bertz CT molecular complexity index is 1180. The molecule has 2 aliphatic carbocycles. The summed E-state index contributed by atoms with van der Waals surface area (Å²) in [6.07, 6.45) is 4.95. The molecule has 0 spiro atoms. The second-order valence-corrected chi connectivity index (χ2v) is 8.86. The number of anilines is 1. The van der Waals surface area contributed by atoms with E-state index in [0.717, 1.165) is 22.3 Å². The number of carbonyl (C=O) groups is 3. The standard InChI is InChI=1S/C22H17N3O4S/c26-17(9-25-20(27)18-12-5-6-13(7-12)19(18)21(25)28)24-22-23-14(10-30-22)16-8-11-3-1-2-4-15(11)29-16/h1-6,8,10,12-13,18-19H,7,9H2,(H,23,24,26). The molecule has 3 amide bonds. The number of furan rings is 1. The van der Waals surface area contributed by atoms with Crippen molar-refractivity contribution in [3.05, 3.63) is 47.9 Å². The van der Waals surface area contributed by atoms with E-state index in [2.05, 4.69) is 10.3 Å². The number of amides is 3. The van der Waals surface area contributed by atoms with Crippen LogP contribution in [0, 0.1) is 23.7 Å². The van der Waals surface area contributed by atoms with Crippen LogP contribution in [0.5, 0.6) is 0 Å². The van der Waals surface area contributed by atoms with Crippen molar-refractivity contribution in [2.45, 2.75) is 6.42 Å². The summed E-state index contributed by atoms with van der Waals surface area (Å²) >= 11 is 1.27. The highest BCUT2D eigenvalue weighted by Gasteiger charge is 2.59. The molecule has 1 saturated heterocycles. The van der Waals surface area contributed by atoms with Crippen molar-refractivity contribution in [3.63, 3.8) is 0 Å². The van der Waals surface area contributed by atoms with Gasteiger partial charge in [0.05, 0.1) is 11.8 Å². The van der Waals surface area contributed by atoms with E-state index in [4.69, 9.17) is 4.42 Å². The van der Waals surface area contributed by atoms with Crippen LogP contribution in [0.25, 0.3) is 22.4 Å². The summed E-state index contributed by atoms with van der Waals surface area (Å²) in [5.74, 6) is -0.571. The van der Waals surface area contributed by atoms with Gasteiger partial charge in [0.2, 0.25) is 17.7 Å². The number of allylic oxidation sites excluding steroid dienone is 2. The molecule has 0 radical (unpaired) electrons. The molecule has 8 heteroatoms. The lowest BCUT2D eigenvalue weighted by Gasteiger charge is -2.16. The van der Waals surface area contributed by atoms with E-state index in [1.807, 2.05) is 42.5 Å². The Morgan fingerprint density at radius 2 is 1.90 bits per heavy atom. The number of hydrogen-bond acceptors (Lipinski definition) is 6. The molecule has 3 heterocycles. The number of nitrogens with one attached hydrogen (secondary N) is 1. The first kappa shape index (κ1) is 17.6. The Kier molecular flexibility index (Phi) is 3.73. The molecule has 6 rings (SSSR count). The normalized spacial score (nSPS) is 26.7. The number of carbonyl (C=O) groups excluding carboxylic acids is 3. The number of nitrogens with zero attached hydrogens (tertiary/aromatic N) is 2. The third-order valence-corrected chi connectivity index (χ3v) is 7.05. The molecular weight excluding hydrogens is 402 g/mol. The largest absolute Gasteiger partial charge is 0.454 e. The zero-order valence-electron chi connectivity index (χ0n) is 15.8. The van der Waals surface area contributed by atoms with Gasteiger partial charge in [0.25, 0.3) is 0 Å². The fraction of sp³-hybridized carbons (Fsp3) is 0.273. The Hall–Kier alpha value is -3.26. The number of fused-ring (bicyclic) bond motifs is 6. The molecular formula is C22H17N3O4S. The first-order valence-corrected chi connectivity index (χ1v) is 10.7. The number of para-hydroxylation sites is 1. The second kappa shape index (κ2) is 6.37. The molecule has 4 unspecified atom stereocenters.